The van der Waals surface area contributed by atoms with E-state index in [0.29, 0.717) is 12.5 Å². The molecule has 0 bridgehead atoms. The van der Waals surface area contributed by atoms with Gasteiger partial charge in [-0.1, -0.05) is 13.3 Å². The van der Waals surface area contributed by atoms with Crippen LogP contribution in [-0.2, 0) is 21.8 Å². The molecule has 1 aliphatic heterocycles. The first-order chi connectivity index (χ1) is 10.2. The van der Waals surface area contributed by atoms with Gasteiger partial charge in [-0.15, -0.1) is 0 Å². The Labute approximate surface area is 130 Å². The molecule has 1 aromatic heterocycles. The molecule has 0 spiro atoms. The van der Waals surface area contributed by atoms with E-state index in [2.05, 4.69) is 12.3 Å². The predicted molar refractivity (Wildman–Crippen MR) is 85.8 cm³/mol. The topological polar surface area (TPSA) is 73.1 Å². The van der Waals surface area contributed by atoms with Gasteiger partial charge >= 0.3 is 0 Å². The van der Waals surface area contributed by atoms with Crippen LogP contribution in [0.3, 0.4) is 0 Å². The van der Waals surface area contributed by atoms with Crippen molar-refractivity contribution < 1.29 is 4.74 Å². The van der Waals surface area contributed by atoms with Gasteiger partial charge in [-0.25, -0.2) is 15.8 Å². The van der Waals surface area contributed by atoms with E-state index in [4.69, 9.17) is 20.5 Å². The van der Waals surface area contributed by atoms with Gasteiger partial charge in [-0.3, -0.25) is 0 Å². The number of hydrogen-bond acceptors (Lipinski definition) is 6. The molecule has 21 heavy (non-hydrogen) atoms. The second kappa shape index (κ2) is 6.10. The summed E-state index contributed by atoms with van der Waals surface area (Å²) < 4.78 is 6.19. The van der Waals surface area contributed by atoms with E-state index < -0.39 is 0 Å². The quantitative estimate of drug-likeness (QED) is 0.658. The van der Waals surface area contributed by atoms with Crippen molar-refractivity contribution in [1.29, 1.82) is 0 Å². The molecular formula is C15H24N4OS. The minimum atomic E-state index is -0.333. The molecule has 2 unspecified atom stereocenters. The molecule has 5 nitrogen and oxygen atoms in total. The zero-order chi connectivity index (χ0) is 14.9. The first-order valence-electron chi connectivity index (χ1n) is 7.77. The van der Waals surface area contributed by atoms with E-state index in [-0.39, 0.29) is 5.60 Å². The van der Waals surface area contributed by atoms with Crippen molar-refractivity contribution in [3.63, 3.8) is 0 Å². The van der Waals surface area contributed by atoms with E-state index in [1.807, 2.05) is 18.7 Å². The predicted octanol–water partition coefficient (Wildman–Crippen LogP) is 2.95. The zero-order valence-corrected chi connectivity index (χ0v) is 13.6. The molecule has 0 radical (unpaired) electrons. The molecule has 2 heterocycles. The van der Waals surface area contributed by atoms with Crippen LogP contribution in [0.15, 0.2) is 0 Å². The maximum atomic E-state index is 6.19. The summed E-state index contributed by atoms with van der Waals surface area (Å²) in [7, 11) is 0. The first kappa shape index (κ1) is 15.1. The van der Waals surface area contributed by atoms with Gasteiger partial charge in [-0.2, -0.15) is 11.8 Å². The minimum Gasteiger partial charge on any atom is -0.367 e. The third kappa shape index (κ3) is 2.76. The van der Waals surface area contributed by atoms with Crippen LogP contribution in [0.5, 0.6) is 0 Å². The van der Waals surface area contributed by atoms with Crippen LogP contribution in [0.1, 0.15) is 56.6 Å². The average Bonchev–Trinajstić information content (AvgIpc) is 2.95. The number of nitrogens with one attached hydrogen (secondary N) is 1. The van der Waals surface area contributed by atoms with Crippen molar-refractivity contribution in [2.45, 2.75) is 56.6 Å². The summed E-state index contributed by atoms with van der Waals surface area (Å²) in [4.78, 5) is 9.58. The van der Waals surface area contributed by atoms with E-state index in [0.717, 1.165) is 47.2 Å². The van der Waals surface area contributed by atoms with Crippen LogP contribution in [0.25, 0.3) is 0 Å². The molecule has 1 fully saturated rings. The monoisotopic (exact) mass is 308 g/mol. The molecule has 2 atom stereocenters. The summed E-state index contributed by atoms with van der Waals surface area (Å²) in [5, 5.41) is 0. The summed E-state index contributed by atoms with van der Waals surface area (Å²) >= 11 is 1.86. The van der Waals surface area contributed by atoms with Gasteiger partial charge in [0.2, 0.25) is 0 Å². The van der Waals surface area contributed by atoms with Gasteiger partial charge in [0.05, 0.1) is 5.69 Å². The lowest BCUT2D eigenvalue weighted by Crippen LogP contribution is -2.37. The SMILES string of the molecule is CCOC1(c2nc3c(c(NN)n2)CSC3)CCCC(C)C1. The zero-order valence-electron chi connectivity index (χ0n) is 12.8. The molecule has 1 saturated carbocycles. The lowest BCUT2D eigenvalue weighted by Gasteiger charge is -2.38. The van der Waals surface area contributed by atoms with Crippen LogP contribution in [0, 0.1) is 5.92 Å². The highest BCUT2D eigenvalue weighted by Crippen LogP contribution is 2.43. The fourth-order valence-electron chi connectivity index (χ4n) is 3.55. The standard InChI is InChI=1S/C15H24N4OS/c1-3-20-15(6-4-5-10(2)7-15)14-17-12-9-21-8-11(12)13(18-14)19-16/h10H,3-9,16H2,1-2H3,(H,17,18,19). The van der Waals surface area contributed by atoms with E-state index in [9.17, 15) is 0 Å². The highest BCUT2D eigenvalue weighted by molar-refractivity contribution is 7.98. The molecule has 0 saturated heterocycles. The van der Waals surface area contributed by atoms with Gasteiger partial charge in [0.25, 0.3) is 0 Å². The average molecular weight is 308 g/mol. The summed E-state index contributed by atoms with van der Waals surface area (Å²) in [6.07, 6.45) is 4.43. The summed E-state index contributed by atoms with van der Waals surface area (Å²) in [5.41, 5.74) is 4.70. The van der Waals surface area contributed by atoms with E-state index in [1.54, 1.807) is 0 Å². The molecule has 0 amide bonds. The van der Waals surface area contributed by atoms with Crippen molar-refractivity contribution in [3.8, 4) is 0 Å². The Morgan fingerprint density at radius 3 is 3.00 bits per heavy atom. The van der Waals surface area contributed by atoms with Gasteiger partial charge in [0, 0.05) is 23.7 Å². The van der Waals surface area contributed by atoms with Crippen molar-refractivity contribution in [2.24, 2.45) is 11.8 Å². The molecular weight excluding hydrogens is 284 g/mol. The Hall–Kier alpha value is -0.850. The number of thioether (sulfide) groups is 1. The second-order valence-corrected chi connectivity index (χ2v) is 7.07. The normalized spacial score (nSPS) is 28.4. The lowest BCUT2D eigenvalue weighted by molar-refractivity contribution is -0.0881. The van der Waals surface area contributed by atoms with Crippen molar-refractivity contribution in [2.75, 3.05) is 12.0 Å². The molecule has 1 aromatic rings. The van der Waals surface area contributed by atoms with Crippen LogP contribution < -0.4 is 11.3 Å². The molecule has 116 valence electrons. The first-order valence-corrected chi connectivity index (χ1v) is 8.92. The minimum absolute atomic E-state index is 0.333. The maximum absolute atomic E-state index is 6.19. The van der Waals surface area contributed by atoms with E-state index >= 15 is 0 Å². The van der Waals surface area contributed by atoms with Crippen LogP contribution in [0.4, 0.5) is 5.82 Å². The molecule has 1 aliphatic carbocycles. The molecule has 6 heteroatoms. The number of fused-ring (bicyclic) bond motifs is 1. The number of nitrogen functional groups attached to an aromatic ring is 1. The summed E-state index contributed by atoms with van der Waals surface area (Å²) in [6.45, 7) is 5.03. The number of aromatic nitrogens is 2. The summed E-state index contributed by atoms with van der Waals surface area (Å²) in [6, 6.07) is 0. The highest BCUT2D eigenvalue weighted by atomic mass is 32.2. The van der Waals surface area contributed by atoms with Gasteiger partial charge < -0.3 is 10.2 Å². The highest BCUT2D eigenvalue weighted by Gasteiger charge is 2.41. The Bertz CT molecular complexity index is 521. The Morgan fingerprint density at radius 1 is 1.43 bits per heavy atom. The Morgan fingerprint density at radius 2 is 2.29 bits per heavy atom. The number of nitrogens with zero attached hydrogens (tertiary/aromatic N) is 2. The Kier molecular flexibility index (Phi) is 4.38. The van der Waals surface area contributed by atoms with Crippen LogP contribution in [0.2, 0.25) is 0 Å². The van der Waals surface area contributed by atoms with Crippen molar-refractivity contribution in [1.82, 2.24) is 9.97 Å². The van der Waals surface area contributed by atoms with Crippen LogP contribution in [-0.4, -0.2) is 16.6 Å². The lowest BCUT2D eigenvalue weighted by atomic mass is 9.78. The Balaban J connectivity index is 2.03. The smallest absolute Gasteiger partial charge is 0.162 e. The van der Waals surface area contributed by atoms with Gasteiger partial charge in [-0.05, 0) is 32.1 Å². The molecule has 2 aliphatic rings. The van der Waals surface area contributed by atoms with Gasteiger partial charge in [0.1, 0.15) is 11.4 Å². The van der Waals surface area contributed by atoms with Crippen molar-refractivity contribution >= 4 is 17.6 Å². The van der Waals surface area contributed by atoms with Crippen LogP contribution >= 0.6 is 11.8 Å². The number of hydrazine groups is 1. The number of hydrogen-bond donors (Lipinski definition) is 2. The summed E-state index contributed by atoms with van der Waals surface area (Å²) in [5.74, 6) is 9.80. The fourth-order valence-corrected chi connectivity index (χ4v) is 4.59. The maximum Gasteiger partial charge on any atom is 0.162 e. The number of anilines is 1. The fraction of sp³-hybridized carbons (Fsp3) is 0.733. The molecule has 3 rings (SSSR count). The number of nitrogens with two attached hydrogens (primary N) is 1. The third-order valence-corrected chi connectivity index (χ3v) is 5.47. The second-order valence-electron chi connectivity index (χ2n) is 6.09. The largest absolute Gasteiger partial charge is 0.367 e. The van der Waals surface area contributed by atoms with Gasteiger partial charge in [0.15, 0.2) is 5.82 Å². The van der Waals surface area contributed by atoms with Crippen molar-refractivity contribution in [3.05, 3.63) is 17.1 Å². The molecule has 0 aromatic carbocycles. The molecule has 3 N–H and O–H groups in total. The third-order valence-electron chi connectivity index (χ3n) is 4.50. The number of rotatable bonds is 4. The van der Waals surface area contributed by atoms with E-state index in [1.165, 1.54) is 12.8 Å². The number of ether oxygens (including phenoxy) is 1.